The number of aromatic nitrogens is 2. The van der Waals surface area contributed by atoms with Crippen LogP contribution in [0.2, 0.25) is 0 Å². The molecule has 0 saturated carbocycles. The number of benzene rings is 2. The second-order valence-electron chi connectivity index (χ2n) is 8.37. The molecule has 3 aliphatic rings. The Balaban J connectivity index is 0.000000845. The highest BCUT2D eigenvalue weighted by Gasteiger charge is 2.36. The Morgan fingerprint density at radius 2 is 1.56 bits per heavy atom. The molecule has 2 atom stereocenters. The molecule has 0 bridgehead atoms. The van der Waals surface area contributed by atoms with Crippen molar-refractivity contribution in [2.24, 2.45) is 9.98 Å². The summed E-state index contributed by atoms with van der Waals surface area (Å²) in [5, 5.41) is 0. The number of aliphatic imine (C=N–C) groups is 2. The lowest BCUT2D eigenvalue weighted by atomic mass is 10.1. The van der Waals surface area contributed by atoms with Gasteiger partial charge in [-0.15, -0.1) is 0 Å². The van der Waals surface area contributed by atoms with E-state index in [2.05, 4.69) is 71.8 Å². The molecule has 2 aromatic carbocycles. The topological polar surface area (TPSA) is 63.2 Å². The van der Waals surface area contributed by atoms with Crippen LogP contribution in [0.5, 0.6) is 11.5 Å². The first-order valence-electron chi connectivity index (χ1n) is 12.8. The fraction of sp³-hybridized carbons (Fsp3) is 0.226. The average Bonchev–Trinajstić information content (AvgIpc) is 3.58. The predicted molar refractivity (Wildman–Crippen MR) is 162 cm³/mol. The van der Waals surface area contributed by atoms with Crippen molar-refractivity contribution in [3.63, 3.8) is 0 Å². The lowest BCUT2D eigenvalue weighted by molar-refractivity contribution is -0.578. The number of ether oxygens (including phenoxy) is 2. The normalized spacial score (nSPS) is 19.1. The van der Waals surface area contributed by atoms with Gasteiger partial charge in [-0.3, -0.25) is 15.0 Å². The van der Waals surface area contributed by atoms with Crippen molar-refractivity contribution in [1.29, 1.82) is 0 Å². The highest BCUT2D eigenvalue weighted by molar-refractivity contribution is 9.08. The van der Waals surface area contributed by atoms with Crippen LogP contribution in [-0.4, -0.2) is 53.9 Å². The zero-order chi connectivity index (χ0) is 27.8. The van der Waals surface area contributed by atoms with Gasteiger partial charge in [0, 0.05) is 36.0 Å². The fourth-order valence-electron chi connectivity index (χ4n) is 4.66. The summed E-state index contributed by atoms with van der Waals surface area (Å²) in [6, 6.07) is 16.1. The van der Waals surface area contributed by atoms with Crippen LogP contribution in [0.4, 0.5) is 0 Å². The summed E-state index contributed by atoms with van der Waals surface area (Å²) in [6.45, 7) is 4.00. The van der Waals surface area contributed by atoms with Gasteiger partial charge in [0.25, 0.3) is 5.69 Å². The van der Waals surface area contributed by atoms with E-state index in [1.54, 1.807) is 20.4 Å². The van der Waals surface area contributed by atoms with E-state index in [4.69, 9.17) is 14.5 Å². The quantitative estimate of drug-likeness (QED) is 0.281. The predicted octanol–water partition coefficient (Wildman–Crippen LogP) is 5.77. The molecule has 8 heteroatoms. The van der Waals surface area contributed by atoms with E-state index in [-0.39, 0.29) is 12.1 Å². The van der Waals surface area contributed by atoms with Crippen LogP contribution in [0.25, 0.3) is 11.4 Å². The Bertz CT molecular complexity index is 1430. The molecule has 0 fully saturated rings. The Morgan fingerprint density at radius 3 is 2.21 bits per heavy atom. The number of nitrogens with zero attached hydrogens (tertiary/aromatic N) is 5. The minimum Gasteiger partial charge on any atom is -0.497 e. The van der Waals surface area contributed by atoms with Crippen LogP contribution in [0, 0.1) is 0 Å². The number of hydrogen-bond donors (Lipinski definition) is 0. The average molecular weight is 588 g/mol. The molecule has 0 aliphatic carbocycles. The minimum absolute atomic E-state index is 0.00756. The van der Waals surface area contributed by atoms with Gasteiger partial charge in [-0.2, -0.15) is 4.57 Å². The molecule has 3 aromatic rings. The first-order chi connectivity index (χ1) is 19.2. The van der Waals surface area contributed by atoms with Gasteiger partial charge in [0.1, 0.15) is 23.4 Å². The molecule has 0 saturated heterocycles. The van der Waals surface area contributed by atoms with E-state index < -0.39 is 0 Å². The molecule has 0 radical (unpaired) electrons. The first kappa shape index (κ1) is 28.0. The van der Waals surface area contributed by atoms with E-state index in [9.17, 15) is 0 Å². The van der Waals surface area contributed by atoms with E-state index in [0.29, 0.717) is 0 Å². The largest absolute Gasteiger partial charge is 0.497 e. The summed E-state index contributed by atoms with van der Waals surface area (Å²) in [5.41, 5.74) is 6.19. The number of alkyl halides is 1. The SMILES string of the molecule is CBr.CC.COc1ccc(C2=CC(N=C3C=C(c4ccc(OC)cc4)[n+]4ccncc43)C3C=NC=CN23)cc1. The van der Waals surface area contributed by atoms with E-state index >= 15 is 0 Å². The van der Waals surface area contributed by atoms with Gasteiger partial charge in [-0.1, -0.05) is 29.8 Å². The maximum Gasteiger partial charge on any atom is 0.255 e. The van der Waals surface area contributed by atoms with Gasteiger partial charge in [0.05, 0.1) is 32.5 Å². The maximum atomic E-state index is 5.33. The van der Waals surface area contributed by atoms with Crippen molar-refractivity contribution < 1.29 is 14.0 Å². The number of hydrogen-bond acceptors (Lipinski definition) is 6. The van der Waals surface area contributed by atoms with Gasteiger partial charge in [0.2, 0.25) is 5.70 Å². The van der Waals surface area contributed by atoms with Gasteiger partial charge in [0.15, 0.2) is 6.20 Å². The number of rotatable bonds is 5. The minimum atomic E-state index is -0.101. The number of halogens is 1. The molecule has 3 aliphatic heterocycles. The fourth-order valence-corrected chi connectivity index (χ4v) is 4.66. The van der Waals surface area contributed by atoms with Crippen molar-refractivity contribution in [1.82, 2.24) is 9.88 Å². The third-order valence-corrected chi connectivity index (χ3v) is 6.44. The van der Waals surface area contributed by atoms with E-state index in [1.807, 2.05) is 75.0 Å². The smallest absolute Gasteiger partial charge is 0.255 e. The summed E-state index contributed by atoms with van der Waals surface area (Å²) in [7, 11) is 3.35. The number of fused-ring (bicyclic) bond motifs is 2. The third kappa shape index (κ3) is 5.71. The summed E-state index contributed by atoms with van der Waals surface area (Å²) in [6.07, 6.45) is 15.7. The zero-order valence-corrected chi connectivity index (χ0v) is 24.4. The molecule has 0 spiro atoms. The van der Waals surface area contributed by atoms with Crippen LogP contribution in [0.15, 0.2) is 102 Å². The summed E-state index contributed by atoms with van der Waals surface area (Å²) < 4.78 is 12.8. The summed E-state index contributed by atoms with van der Waals surface area (Å²) >= 11 is 2.94. The Kier molecular flexibility index (Phi) is 9.44. The first-order valence-corrected chi connectivity index (χ1v) is 14.4. The monoisotopic (exact) mass is 586 g/mol. The number of allylic oxidation sites excluding steroid dienone is 1. The van der Waals surface area contributed by atoms with Gasteiger partial charge >= 0.3 is 0 Å². The highest BCUT2D eigenvalue weighted by Crippen LogP contribution is 2.34. The molecule has 39 heavy (non-hydrogen) atoms. The maximum absolute atomic E-state index is 5.33. The van der Waals surface area contributed by atoms with Crippen molar-refractivity contribution in [3.05, 3.63) is 108 Å². The summed E-state index contributed by atoms with van der Waals surface area (Å²) in [4.78, 5) is 16.2. The van der Waals surface area contributed by atoms with Gasteiger partial charge < -0.3 is 14.4 Å². The van der Waals surface area contributed by atoms with Crippen molar-refractivity contribution >= 4 is 39.3 Å². The lowest BCUT2D eigenvalue weighted by Crippen LogP contribution is -2.36. The molecule has 6 rings (SSSR count). The highest BCUT2D eigenvalue weighted by atomic mass is 79.9. The van der Waals surface area contributed by atoms with E-state index in [1.165, 1.54) is 0 Å². The molecular formula is C31H33BrN5O2+. The summed E-state index contributed by atoms with van der Waals surface area (Å²) in [5.74, 6) is 3.47. The Labute approximate surface area is 238 Å². The van der Waals surface area contributed by atoms with Crippen LogP contribution < -0.4 is 14.0 Å². The zero-order valence-electron chi connectivity index (χ0n) is 22.8. The van der Waals surface area contributed by atoms with Gasteiger partial charge in [-0.25, -0.2) is 0 Å². The second-order valence-corrected chi connectivity index (χ2v) is 8.37. The van der Waals surface area contributed by atoms with Crippen molar-refractivity contribution in [2.75, 3.05) is 20.1 Å². The molecule has 7 nitrogen and oxygen atoms in total. The lowest BCUT2D eigenvalue weighted by Gasteiger charge is -2.27. The molecular weight excluding hydrogens is 554 g/mol. The number of methoxy groups -OCH3 is 2. The van der Waals surface area contributed by atoms with E-state index in [0.717, 1.165) is 45.4 Å². The van der Waals surface area contributed by atoms with Gasteiger partial charge in [-0.05, 0) is 66.0 Å². The second kappa shape index (κ2) is 13.2. The molecule has 0 N–H and O–H groups in total. The Hall–Kier alpha value is -4.04. The van der Waals surface area contributed by atoms with Crippen LogP contribution in [0.3, 0.4) is 0 Å². The molecule has 2 unspecified atom stereocenters. The molecule has 1 aromatic heterocycles. The molecule has 0 amide bonds. The standard InChI is InChI=1S/C28H24N5O2.C2H6.CH3Br/c1-34-21-7-3-19(4-8-21)25-15-23(27-17-29-11-13-32(25)27)31-24-16-26(33-14-12-30-18-28(24)33)20-5-9-22(35-2)10-6-20;2*1-2/h3-18,23,27H,1-2H3;1-2H3;1H3/q+1;;. The van der Waals surface area contributed by atoms with Crippen LogP contribution in [0.1, 0.15) is 30.7 Å². The molecule has 4 heterocycles. The Morgan fingerprint density at radius 1 is 0.923 bits per heavy atom. The van der Waals surface area contributed by atoms with Crippen LogP contribution >= 0.6 is 15.9 Å². The van der Waals surface area contributed by atoms with Crippen molar-refractivity contribution in [3.8, 4) is 11.5 Å². The van der Waals surface area contributed by atoms with Crippen molar-refractivity contribution in [2.45, 2.75) is 25.9 Å². The van der Waals surface area contributed by atoms with Crippen LogP contribution in [-0.2, 0) is 0 Å². The third-order valence-electron chi connectivity index (χ3n) is 6.44. The molecule has 200 valence electrons.